The lowest BCUT2D eigenvalue weighted by Gasteiger charge is -2.36. The highest BCUT2D eigenvalue weighted by Crippen LogP contribution is 2.16. The zero-order valence-electron chi connectivity index (χ0n) is 15.0. The van der Waals surface area contributed by atoms with Crippen LogP contribution >= 0.6 is 12.2 Å². The van der Waals surface area contributed by atoms with Crippen molar-refractivity contribution in [2.45, 2.75) is 13.5 Å². The van der Waals surface area contributed by atoms with Gasteiger partial charge < -0.3 is 15.0 Å². The minimum atomic E-state index is 0.780. The first kappa shape index (κ1) is 17.7. The van der Waals surface area contributed by atoms with Crippen LogP contribution in [0.15, 0.2) is 30.5 Å². The molecule has 0 amide bonds. The first-order valence-electron chi connectivity index (χ1n) is 8.46. The van der Waals surface area contributed by atoms with Gasteiger partial charge in [0.15, 0.2) is 5.11 Å². The summed E-state index contributed by atoms with van der Waals surface area (Å²) in [6.07, 6.45) is 2.11. The van der Waals surface area contributed by atoms with Crippen molar-refractivity contribution in [2.75, 3.05) is 38.6 Å². The highest BCUT2D eigenvalue weighted by atomic mass is 32.1. The Morgan fingerprint density at radius 1 is 1.20 bits per heavy atom. The number of ether oxygens (including phenoxy) is 1. The van der Waals surface area contributed by atoms with Crippen LogP contribution < -0.4 is 10.1 Å². The quantitative estimate of drug-likeness (QED) is 0.845. The number of anilines is 1. The Hall–Kier alpha value is -2.12. The summed E-state index contributed by atoms with van der Waals surface area (Å²) in [5, 5.41) is 8.51. The molecule has 2 aromatic rings. The summed E-state index contributed by atoms with van der Waals surface area (Å²) in [6.45, 7) is 6.88. The molecule has 1 fully saturated rings. The monoisotopic (exact) mass is 359 g/mol. The maximum Gasteiger partial charge on any atom is 0.173 e. The Bertz CT molecular complexity index is 720. The number of nitrogens with one attached hydrogen (secondary N) is 1. The number of methoxy groups -OCH3 is 1. The number of piperazine rings is 1. The largest absolute Gasteiger partial charge is 0.497 e. The van der Waals surface area contributed by atoms with E-state index in [1.165, 1.54) is 5.56 Å². The van der Waals surface area contributed by atoms with E-state index in [9.17, 15) is 0 Å². The molecule has 0 radical (unpaired) electrons. The average molecular weight is 359 g/mol. The van der Waals surface area contributed by atoms with E-state index >= 15 is 0 Å². The smallest absolute Gasteiger partial charge is 0.173 e. The van der Waals surface area contributed by atoms with E-state index < -0.39 is 0 Å². The molecule has 1 aliphatic heterocycles. The number of benzene rings is 1. The highest BCUT2D eigenvalue weighted by Gasteiger charge is 2.20. The molecule has 0 spiro atoms. The molecule has 1 saturated heterocycles. The number of hydrogen-bond acceptors (Lipinski definition) is 4. The van der Waals surface area contributed by atoms with E-state index in [0.717, 1.165) is 55.0 Å². The molecule has 1 aromatic carbocycles. The molecule has 6 nitrogen and oxygen atoms in total. The Morgan fingerprint density at radius 3 is 2.44 bits per heavy atom. The van der Waals surface area contributed by atoms with Crippen LogP contribution in [0.1, 0.15) is 11.3 Å². The number of hydrogen-bond donors (Lipinski definition) is 1. The second kappa shape index (κ2) is 7.84. The van der Waals surface area contributed by atoms with Crippen LogP contribution in [0.2, 0.25) is 0 Å². The van der Waals surface area contributed by atoms with Crippen molar-refractivity contribution >= 4 is 23.0 Å². The molecule has 0 saturated carbocycles. The van der Waals surface area contributed by atoms with Gasteiger partial charge in [0.05, 0.1) is 12.8 Å². The van der Waals surface area contributed by atoms with Crippen LogP contribution in [-0.2, 0) is 13.6 Å². The van der Waals surface area contributed by atoms with Crippen LogP contribution in [0.4, 0.5) is 5.69 Å². The lowest BCUT2D eigenvalue weighted by Crippen LogP contribution is -2.49. The van der Waals surface area contributed by atoms with Gasteiger partial charge in [-0.25, -0.2) is 0 Å². The topological polar surface area (TPSA) is 45.6 Å². The molecule has 1 aromatic heterocycles. The van der Waals surface area contributed by atoms with Crippen molar-refractivity contribution in [3.8, 4) is 5.75 Å². The molecule has 134 valence electrons. The van der Waals surface area contributed by atoms with E-state index in [0.29, 0.717) is 0 Å². The van der Waals surface area contributed by atoms with Gasteiger partial charge in [-0.2, -0.15) is 5.10 Å². The number of rotatable bonds is 4. The SMILES string of the molecule is COc1ccc(NC(=S)N2CCN(Cc3cn(C)nc3C)CC2)cc1. The Kier molecular flexibility index (Phi) is 5.55. The van der Waals surface area contributed by atoms with Crippen LogP contribution in [0, 0.1) is 6.92 Å². The number of nitrogens with zero attached hydrogens (tertiary/aromatic N) is 4. The zero-order chi connectivity index (χ0) is 17.8. The molecular weight excluding hydrogens is 334 g/mol. The Balaban J connectivity index is 1.49. The Labute approximate surface area is 154 Å². The molecule has 3 rings (SSSR count). The summed E-state index contributed by atoms with van der Waals surface area (Å²) in [5.41, 5.74) is 3.40. The van der Waals surface area contributed by atoms with Gasteiger partial charge >= 0.3 is 0 Å². The van der Waals surface area contributed by atoms with Gasteiger partial charge in [-0.05, 0) is 43.4 Å². The Morgan fingerprint density at radius 2 is 1.88 bits per heavy atom. The minimum Gasteiger partial charge on any atom is -0.497 e. The van der Waals surface area contributed by atoms with E-state index in [1.807, 2.05) is 36.0 Å². The molecule has 25 heavy (non-hydrogen) atoms. The van der Waals surface area contributed by atoms with Gasteiger partial charge in [0.1, 0.15) is 5.75 Å². The molecule has 0 unspecified atom stereocenters. The van der Waals surface area contributed by atoms with Gasteiger partial charge in [-0.15, -0.1) is 0 Å². The maximum absolute atomic E-state index is 5.56. The second-order valence-electron chi connectivity index (χ2n) is 6.34. The van der Waals surface area contributed by atoms with Gasteiger partial charge in [0, 0.05) is 57.2 Å². The molecule has 0 aliphatic carbocycles. The fourth-order valence-electron chi connectivity index (χ4n) is 3.03. The summed E-state index contributed by atoms with van der Waals surface area (Å²) >= 11 is 5.56. The molecule has 0 atom stereocenters. The standard InChI is InChI=1S/C18H25N5OS/c1-14-15(12-21(2)20-14)13-22-8-10-23(11-9-22)18(25)19-16-4-6-17(24-3)7-5-16/h4-7,12H,8-11,13H2,1-3H3,(H,19,25). The molecule has 2 heterocycles. The van der Waals surface area contributed by atoms with Crippen molar-refractivity contribution in [1.29, 1.82) is 0 Å². The molecule has 0 bridgehead atoms. The summed E-state index contributed by atoms with van der Waals surface area (Å²) in [7, 11) is 3.64. The molecule has 1 aliphatic rings. The van der Waals surface area contributed by atoms with Crippen LogP contribution in [-0.4, -0.2) is 58.0 Å². The maximum atomic E-state index is 5.56. The van der Waals surface area contributed by atoms with Gasteiger partial charge in [-0.3, -0.25) is 9.58 Å². The van der Waals surface area contributed by atoms with Crippen molar-refractivity contribution in [2.24, 2.45) is 7.05 Å². The van der Waals surface area contributed by atoms with E-state index in [-0.39, 0.29) is 0 Å². The number of aryl methyl sites for hydroxylation is 2. The highest BCUT2D eigenvalue weighted by molar-refractivity contribution is 7.80. The van der Waals surface area contributed by atoms with Crippen LogP contribution in [0.3, 0.4) is 0 Å². The summed E-state index contributed by atoms with van der Waals surface area (Å²) in [5.74, 6) is 0.843. The van der Waals surface area contributed by atoms with Crippen molar-refractivity contribution in [3.05, 3.63) is 41.7 Å². The summed E-state index contributed by atoms with van der Waals surface area (Å²) in [4.78, 5) is 4.68. The van der Waals surface area contributed by atoms with E-state index in [2.05, 4.69) is 33.3 Å². The molecule has 1 N–H and O–H groups in total. The van der Waals surface area contributed by atoms with Crippen molar-refractivity contribution in [3.63, 3.8) is 0 Å². The predicted molar refractivity (Wildman–Crippen MR) is 104 cm³/mol. The first-order chi connectivity index (χ1) is 12.0. The number of thiocarbonyl (C=S) groups is 1. The lowest BCUT2D eigenvalue weighted by molar-refractivity contribution is 0.176. The van der Waals surface area contributed by atoms with E-state index in [4.69, 9.17) is 17.0 Å². The average Bonchev–Trinajstić information content (AvgIpc) is 2.93. The van der Waals surface area contributed by atoms with Crippen molar-refractivity contribution in [1.82, 2.24) is 19.6 Å². The normalized spacial score (nSPS) is 15.2. The fourth-order valence-corrected chi connectivity index (χ4v) is 3.33. The third kappa shape index (κ3) is 4.49. The van der Waals surface area contributed by atoms with Gasteiger partial charge in [-0.1, -0.05) is 0 Å². The van der Waals surface area contributed by atoms with Crippen LogP contribution in [0.25, 0.3) is 0 Å². The van der Waals surface area contributed by atoms with E-state index in [1.54, 1.807) is 7.11 Å². The van der Waals surface area contributed by atoms with Crippen LogP contribution in [0.5, 0.6) is 5.75 Å². The third-order valence-electron chi connectivity index (χ3n) is 4.51. The molecular formula is C18H25N5OS. The minimum absolute atomic E-state index is 0.780. The predicted octanol–water partition coefficient (Wildman–Crippen LogP) is 2.25. The van der Waals surface area contributed by atoms with Crippen molar-refractivity contribution < 1.29 is 4.74 Å². The fraction of sp³-hybridized carbons (Fsp3) is 0.444. The third-order valence-corrected chi connectivity index (χ3v) is 4.87. The van der Waals surface area contributed by atoms with Gasteiger partial charge in [0.2, 0.25) is 0 Å². The second-order valence-corrected chi connectivity index (χ2v) is 6.72. The first-order valence-corrected chi connectivity index (χ1v) is 8.87. The zero-order valence-corrected chi connectivity index (χ0v) is 15.8. The lowest BCUT2D eigenvalue weighted by atomic mass is 10.2. The summed E-state index contributed by atoms with van der Waals surface area (Å²) < 4.78 is 7.06. The molecule has 7 heteroatoms. The van der Waals surface area contributed by atoms with Gasteiger partial charge in [0.25, 0.3) is 0 Å². The number of aromatic nitrogens is 2. The summed E-state index contributed by atoms with van der Waals surface area (Å²) in [6, 6.07) is 7.82.